The van der Waals surface area contributed by atoms with Crippen molar-refractivity contribution < 1.29 is 4.42 Å². The van der Waals surface area contributed by atoms with Crippen LogP contribution in [0.1, 0.15) is 25.0 Å². The second kappa shape index (κ2) is 9.94. The molecule has 9 aromatic carbocycles. The number of fused-ring (bicyclic) bond motifs is 11. The summed E-state index contributed by atoms with van der Waals surface area (Å²) in [6, 6.07) is 58.3. The molecule has 0 amide bonds. The predicted molar refractivity (Wildman–Crippen MR) is 212 cm³/mol. The summed E-state index contributed by atoms with van der Waals surface area (Å²) in [7, 11) is 0. The summed E-state index contributed by atoms with van der Waals surface area (Å²) >= 11 is 0. The van der Waals surface area contributed by atoms with Gasteiger partial charge in [0.15, 0.2) is 0 Å². The van der Waals surface area contributed by atoms with Crippen molar-refractivity contribution in [1.29, 1.82) is 0 Å². The number of rotatable bonds is 2. The van der Waals surface area contributed by atoms with Gasteiger partial charge in [-0.2, -0.15) is 0 Å². The fourth-order valence-electron chi connectivity index (χ4n) is 9.03. The van der Waals surface area contributed by atoms with E-state index in [0.717, 1.165) is 11.2 Å². The largest absolute Gasteiger partial charge is 0.456 e. The average molecular weight is 637 g/mol. The van der Waals surface area contributed by atoms with Gasteiger partial charge < -0.3 is 4.42 Å². The first kappa shape index (κ1) is 27.7. The number of para-hydroxylation sites is 1. The van der Waals surface area contributed by atoms with E-state index in [1.54, 1.807) is 0 Å². The van der Waals surface area contributed by atoms with E-state index in [4.69, 9.17) is 4.42 Å². The van der Waals surface area contributed by atoms with Crippen molar-refractivity contribution in [3.63, 3.8) is 0 Å². The zero-order chi connectivity index (χ0) is 33.1. The lowest BCUT2D eigenvalue weighted by Crippen LogP contribution is -2.14. The van der Waals surface area contributed by atoms with Crippen molar-refractivity contribution in [2.45, 2.75) is 19.3 Å². The van der Waals surface area contributed by atoms with Crippen molar-refractivity contribution in [2.24, 2.45) is 0 Å². The van der Waals surface area contributed by atoms with Gasteiger partial charge in [0.05, 0.1) is 0 Å². The highest BCUT2D eigenvalue weighted by Gasteiger charge is 2.36. The van der Waals surface area contributed by atoms with Crippen molar-refractivity contribution in [2.75, 3.05) is 0 Å². The van der Waals surface area contributed by atoms with Crippen LogP contribution in [0, 0.1) is 0 Å². The van der Waals surface area contributed by atoms with E-state index < -0.39 is 0 Å². The van der Waals surface area contributed by atoms with E-state index in [1.807, 2.05) is 6.07 Å². The summed E-state index contributed by atoms with van der Waals surface area (Å²) in [6.07, 6.45) is 0. The van der Waals surface area contributed by atoms with Gasteiger partial charge in [-0.3, -0.25) is 0 Å². The van der Waals surface area contributed by atoms with Gasteiger partial charge >= 0.3 is 0 Å². The maximum atomic E-state index is 6.27. The first-order valence-electron chi connectivity index (χ1n) is 17.5. The Morgan fingerprint density at radius 3 is 1.74 bits per heavy atom. The van der Waals surface area contributed by atoms with Crippen molar-refractivity contribution in [3.05, 3.63) is 169 Å². The third-order valence-corrected chi connectivity index (χ3v) is 11.4. The molecule has 0 spiro atoms. The smallest absolute Gasteiger partial charge is 0.136 e. The second-order valence-corrected chi connectivity index (χ2v) is 14.4. The average Bonchev–Trinajstić information content (AvgIpc) is 3.64. The van der Waals surface area contributed by atoms with Crippen LogP contribution in [0.3, 0.4) is 0 Å². The topological polar surface area (TPSA) is 13.1 Å². The molecule has 0 aliphatic heterocycles. The van der Waals surface area contributed by atoms with E-state index in [9.17, 15) is 0 Å². The zero-order valence-corrected chi connectivity index (χ0v) is 27.9. The highest BCUT2D eigenvalue weighted by molar-refractivity contribution is 6.20. The Labute approximate surface area is 290 Å². The molecule has 50 heavy (non-hydrogen) atoms. The molecule has 0 N–H and O–H groups in total. The molecule has 0 saturated carbocycles. The highest BCUT2D eigenvalue weighted by Crippen LogP contribution is 2.52. The van der Waals surface area contributed by atoms with Crippen LogP contribution < -0.4 is 0 Å². The minimum Gasteiger partial charge on any atom is -0.456 e. The second-order valence-electron chi connectivity index (χ2n) is 14.4. The molecule has 0 bridgehead atoms. The molecule has 10 aromatic rings. The minimum absolute atomic E-state index is 0.125. The van der Waals surface area contributed by atoms with E-state index >= 15 is 0 Å². The Morgan fingerprint density at radius 1 is 0.380 bits per heavy atom. The Kier molecular flexibility index (Phi) is 5.51. The molecule has 1 heteroatoms. The first-order chi connectivity index (χ1) is 24.5. The SMILES string of the molecule is CC1(C)c2ccc(-c3ccc(-c4c5ccccc5cc5ccccc45)c4ccccc34)cc2-c2cc3ccc4oc5ccccc5c4c3cc21. The predicted octanol–water partition coefficient (Wildman–Crippen LogP) is 13.8. The van der Waals surface area contributed by atoms with E-state index in [1.165, 1.54) is 98.4 Å². The Morgan fingerprint density at radius 2 is 0.980 bits per heavy atom. The standard InChI is InChI=1S/C49H32O/c1-49(2)43-23-19-31(26-41(43)42-27-32-20-24-46-48(40(32)28-44(42)49)39-17-9-10-18-45(39)50-46)33-21-22-38(37-16-8-7-15-36(33)37)47-34-13-5-3-11-29(34)25-30-12-4-6-14-35(30)47/h3-28H,1-2H3. The molecule has 1 nitrogen and oxygen atoms in total. The lowest BCUT2D eigenvalue weighted by molar-refractivity contribution is 0.661. The lowest BCUT2D eigenvalue weighted by Gasteiger charge is -2.22. The van der Waals surface area contributed by atoms with Gasteiger partial charge in [-0.15, -0.1) is 0 Å². The molecule has 1 aliphatic carbocycles. The van der Waals surface area contributed by atoms with Gasteiger partial charge in [-0.05, 0) is 124 Å². The lowest BCUT2D eigenvalue weighted by atomic mass is 9.81. The van der Waals surface area contributed by atoms with Crippen molar-refractivity contribution >= 4 is 65.0 Å². The number of hydrogen-bond donors (Lipinski definition) is 0. The molecule has 0 radical (unpaired) electrons. The Balaban J connectivity index is 1.12. The van der Waals surface area contributed by atoms with Gasteiger partial charge in [0.25, 0.3) is 0 Å². The maximum Gasteiger partial charge on any atom is 0.136 e. The molecular formula is C49H32O. The summed E-state index contributed by atoms with van der Waals surface area (Å²) in [5, 5.41) is 12.5. The quantitative estimate of drug-likeness (QED) is 0.172. The monoisotopic (exact) mass is 636 g/mol. The molecule has 1 aliphatic rings. The van der Waals surface area contributed by atoms with Gasteiger partial charge in [0, 0.05) is 16.2 Å². The summed E-state index contributed by atoms with van der Waals surface area (Å²) in [5.74, 6) is 0. The molecule has 0 atom stereocenters. The third-order valence-electron chi connectivity index (χ3n) is 11.4. The van der Waals surface area contributed by atoms with Crippen LogP contribution in [-0.4, -0.2) is 0 Å². The van der Waals surface area contributed by atoms with E-state index in [-0.39, 0.29) is 5.41 Å². The molecule has 234 valence electrons. The number of furan rings is 1. The van der Waals surface area contributed by atoms with Gasteiger partial charge in [0.1, 0.15) is 11.2 Å². The van der Waals surface area contributed by atoms with Crippen LogP contribution in [0.15, 0.2) is 162 Å². The fourth-order valence-corrected chi connectivity index (χ4v) is 9.03. The highest BCUT2D eigenvalue weighted by atomic mass is 16.3. The van der Waals surface area contributed by atoms with E-state index in [0.29, 0.717) is 0 Å². The van der Waals surface area contributed by atoms with Crippen LogP contribution in [0.5, 0.6) is 0 Å². The van der Waals surface area contributed by atoms with Gasteiger partial charge in [-0.25, -0.2) is 0 Å². The van der Waals surface area contributed by atoms with Crippen LogP contribution in [0.2, 0.25) is 0 Å². The maximum absolute atomic E-state index is 6.27. The Bertz CT molecular complexity index is 3010. The Hall–Kier alpha value is -6.18. The van der Waals surface area contributed by atoms with Gasteiger partial charge in [-0.1, -0.05) is 135 Å². The molecule has 1 heterocycles. The molecular weight excluding hydrogens is 605 g/mol. The van der Waals surface area contributed by atoms with Crippen molar-refractivity contribution in [3.8, 4) is 33.4 Å². The van der Waals surface area contributed by atoms with Gasteiger partial charge in [0.2, 0.25) is 0 Å². The summed E-state index contributed by atoms with van der Waals surface area (Å²) in [5.41, 5.74) is 12.2. The minimum atomic E-state index is -0.125. The zero-order valence-electron chi connectivity index (χ0n) is 27.9. The van der Waals surface area contributed by atoms with Crippen LogP contribution in [0.25, 0.3) is 98.4 Å². The molecule has 11 rings (SSSR count). The summed E-state index contributed by atoms with van der Waals surface area (Å²) in [4.78, 5) is 0. The number of hydrogen-bond acceptors (Lipinski definition) is 1. The summed E-state index contributed by atoms with van der Waals surface area (Å²) < 4.78 is 6.27. The number of benzene rings is 9. The van der Waals surface area contributed by atoms with Crippen LogP contribution in [-0.2, 0) is 5.41 Å². The molecule has 0 unspecified atom stereocenters. The third kappa shape index (κ3) is 3.72. The molecule has 0 fully saturated rings. The van der Waals surface area contributed by atoms with Crippen LogP contribution in [0.4, 0.5) is 0 Å². The first-order valence-corrected chi connectivity index (χ1v) is 17.5. The molecule has 0 saturated heterocycles. The fraction of sp³-hybridized carbons (Fsp3) is 0.0612. The summed E-state index contributed by atoms with van der Waals surface area (Å²) in [6.45, 7) is 4.74. The van der Waals surface area contributed by atoms with E-state index in [2.05, 4.69) is 166 Å². The van der Waals surface area contributed by atoms with Crippen molar-refractivity contribution in [1.82, 2.24) is 0 Å². The molecule has 1 aromatic heterocycles. The normalized spacial score (nSPS) is 13.6. The van der Waals surface area contributed by atoms with Crippen LogP contribution >= 0.6 is 0 Å².